The molecule has 26 heavy (non-hydrogen) atoms. The van der Waals surface area contributed by atoms with Gasteiger partial charge in [0.25, 0.3) is 0 Å². The number of benzene rings is 1. The van der Waals surface area contributed by atoms with Crippen molar-refractivity contribution in [1.29, 1.82) is 0 Å². The standard InChI is InChI=1S/C20H29N3O2.HI/c1-3-4-11-21-20(22-12-10-18-9-6-13-25-18)23-15-19(24)17-8-5-7-16(2)14-17;/h5-9,13-14,19,24H,3-4,10-12,15H2,1-2H3,(H2,21,22,23);1H. The molecule has 3 N–H and O–H groups in total. The van der Waals surface area contributed by atoms with Crippen LogP contribution in [0.3, 0.4) is 0 Å². The normalized spacial score (nSPS) is 12.3. The maximum atomic E-state index is 10.4. The fourth-order valence-electron chi connectivity index (χ4n) is 2.48. The molecule has 0 amide bonds. The Morgan fingerprint density at radius 2 is 2.00 bits per heavy atom. The van der Waals surface area contributed by atoms with Gasteiger partial charge in [0.2, 0.25) is 0 Å². The lowest BCUT2D eigenvalue weighted by atomic mass is 10.1. The maximum absolute atomic E-state index is 10.4. The third-order valence-electron chi connectivity index (χ3n) is 3.92. The van der Waals surface area contributed by atoms with E-state index in [-0.39, 0.29) is 24.0 Å². The molecule has 0 aliphatic heterocycles. The fourth-order valence-corrected chi connectivity index (χ4v) is 2.48. The van der Waals surface area contributed by atoms with Crippen LogP contribution >= 0.6 is 24.0 Å². The minimum atomic E-state index is -0.602. The van der Waals surface area contributed by atoms with E-state index >= 15 is 0 Å². The first-order valence-electron chi connectivity index (χ1n) is 8.98. The second-order valence-electron chi connectivity index (χ2n) is 6.16. The minimum absolute atomic E-state index is 0. The topological polar surface area (TPSA) is 69.8 Å². The van der Waals surface area contributed by atoms with Gasteiger partial charge in [0, 0.05) is 19.5 Å². The molecule has 0 spiro atoms. The third kappa shape index (κ3) is 8.23. The Morgan fingerprint density at radius 1 is 1.19 bits per heavy atom. The van der Waals surface area contributed by atoms with Gasteiger partial charge in [-0.25, -0.2) is 0 Å². The number of unbranched alkanes of at least 4 members (excludes halogenated alkanes) is 1. The quantitative estimate of drug-likeness (QED) is 0.225. The first-order chi connectivity index (χ1) is 12.2. The summed E-state index contributed by atoms with van der Waals surface area (Å²) in [7, 11) is 0. The van der Waals surface area contributed by atoms with Crippen molar-refractivity contribution in [2.45, 2.75) is 39.2 Å². The summed E-state index contributed by atoms with van der Waals surface area (Å²) in [6.45, 7) is 6.10. The summed E-state index contributed by atoms with van der Waals surface area (Å²) in [4.78, 5) is 4.53. The molecule has 1 atom stereocenters. The van der Waals surface area contributed by atoms with Gasteiger partial charge in [0.05, 0.1) is 18.9 Å². The smallest absolute Gasteiger partial charge is 0.191 e. The van der Waals surface area contributed by atoms with Crippen LogP contribution in [0.1, 0.15) is 42.8 Å². The van der Waals surface area contributed by atoms with Crippen LogP contribution < -0.4 is 10.6 Å². The van der Waals surface area contributed by atoms with Gasteiger partial charge in [-0.15, -0.1) is 24.0 Å². The molecular weight excluding hydrogens is 441 g/mol. The van der Waals surface area contributed by atoms with Crippen LogP contribution in [-0.4, -0.2) is 30.7 Å². The Bertz CT molecular complexity index is 644. The number of rotatable bonds is 9. The van der Waals surface area contributed by atoms with Crippen molar-refractivity contribution < 1.29 is 9.52 Å². The Kier molecular flexibility index (Phi) is 11.0. The van der Waals surface area contributed by atoms with Gasteiger partial charge < -0.3 is 20.2 Å². The van der Waals surface area contributed by atoms with Crippen LogP contribution in [0.25, 0.3) is 0 Å². The molecule has 0 radical (unpaired) electrons. The van der Waals surface area contributed by atoms with Gasteiger partial charge >= 0.3 is 0 Å². The Labute approximate surface area is 173 Å². The number of aliphatic hydroxyl groups excluding tert-OH is 1. The number of aliphatic imine (C=N–C) groups is 1. The average Bonchev–Trinajstić information content (AvgIpc) is 3.12. The van der Waals surface area contributed by atoms with E-state index in [1.165, 1.54) is 0 Å². The summed E-state index contributed by atoms with van der Waals surface area (Å²) in [6, 6.07) is 11.8. The van der Waals surface area contributed by atoms with E-state index < -0.39 is 6.10 Å². The van der Waals surface area contributed by atoms with Gasteiger partial charge in [-0.05, 0) is 31.0 Å². The zero-order valence-corrected chi connectivity index (χ0v) is 17.9. The molecule has 2 aromatic rings. The molecule has 0 aliphatic carbocycles. The molecule has 144 valence electrons. The molecular formula is C20H30IN3O2. The summed E-state index contributed by atoms with van der Waals surface area (Å²) >= 11 is 0. The van der Waals surface area contributed by atoms with Crippen molar-refractivity contribution in [2.24, 2.45) is 4.99 Å². The second kappa shape index (κ2) is 12.8. The summed E-state index contributed by atoms with van der Waals surface area (Å²) < 4.78 is 5.34. The van der Waals surface area contributed by atoms with E-state index in [1.807, 2.05) is 43.3 Å². The number of hydrogen-bond acceptors (Lipinski definition) is 3. The zero-order valence-electron chi connectivity index (χ0n) is 15.6. The Hall–Kier alpha value is -1.54. The number of halogens is 1. The predicted molar refractivity (Wildman–Crippen MR) is 117 cm³/mol. The van der Waals surface area contributed by atoms with Gasteiger partial charge in [-0.1, -0.05) is 43.2 Å². The van der Waals surface area contributed by atoms with E-state index in [0.717, 1.165) is 55.2 Å². The Balaban J connectivity index is 0.00000338. The van der Waals surface area contributed by atoms with Crippen LogP contribution in [0.15, 0.2) is 52.1 Å². The van der Waals surface area contributed by atoms with Crippen LogP contribution in [-0.2, 0) is 6.42 Å². The number of furan rings is 1. The van der Waals surface area contributed by atoms with Crippen molar-refractivity contribution in [3.8, 4) is 0 Å². The number of hydrogen-bond donors (Lipinski definition) is 3. The SMILES string of the molecule is CCCCNC(=NCC(O)c1cccc(C)c1)NCCc1ccco1.I. The summed E-state index contributed by atoms with van der Waals surface area (Å²) in [5.74, 6) is 1.67. The van der Waals surface area contributed by atoms with E-state index in [4.69, 9.17) is 4.42 Å². The second-order valence-corrected chi connectivity index (χ2v) is 6.16. The van der Waals surface area contributed by atoms with Crippen LogP contribution in [0.4, 0.5) is 0 Å². The molecule has 1 aromatic carbocycles. The first kappa shape index (κ1) is 22.5. The molecule has 1 heterocycles. The lowest BCUT2D eigenvalue weighted by Gasteiger charge is -2.14. The minimum Gasteiger partial charge on any atom is -0.469 e. The molecule has 0 saturated carbocycles. The van der Waals surface area contributed by atoms with Gasteiger partial charge in [0.1, 0.15) is 5.76 Å². The third-order valence-corrected chi connectivity index (χ3v) is 3.92. The van der Waals surface area contributed by atoms with Crippen molar-refractivity contribution in [2.75, 3.05) is 19.6 Å². The van der Waals surface area contributed by atoms with E-state index in [2.05, 4.69) is 22.5 Å². The highest BCUT2D eigenvalue weighted by molar-refractivity contribution is 14.0. The average molecular weight is 471 g/mol. The number of nitrogens with zero attached hydrogens (tertiary/aromatic N) is 1. The van der Waals surface area contributed by atoms with Gasteiger partial charge in [0.15, 0.2) is 5.96 Å². The molecule has 6 heteroatoms. The zero-order chi connectivity index (χ0) is 17.9. The maximum Gasteiger partial charge on any atom is 0.191 e. The molecule has 0 fully saturated rings. The lowest BCUT2D eigenvalue weighted by molar-refractivity contribution is 0.187. The van der Waals surface area contributed by atoms with E-state index in [0.29, 0.717) is 6.54 Å². The highest BCUT2D eigenvalue weighted by Crippen LogP contribution is 2.14. The lowest BCUT2D eigenvalue weighted by Crippen LogP contribution is -2.39. The Morgan fingerprint density at radius 3 is 2.69 bits per heavy atom. The highest BCUT2D eigenvalue weighted by Gasteiger charge is 2.08. The first-order valence-corrected chi connectivity index (χ1v) is 8.98. The monoisotopic (exact) mass is 471 g/mol. The molecule has 0 bridgehead atoms. The highest BCUT2D eigenvalue weighted by atomic mass is 127. The van der Waals surface area contributed by atoms with Crippen molar-refractivity contribution in [3.63, 3.8) is 0 Å². The molecule has 0 aliphatic rings. The van der Waals surface area contributed by atoms with Crippen LogP contribution in [0.5, 0.6) is 0 Å². The van der Waals surface area contributed by atoms with Crippen molar-refractivity contribution >= 4 is 29.9 Å². The van der Waals surface area contributed by atoms with Crippen LogP contribution in [0.2, 0.25) is 0 Å². The fraction of sp³-hybridized carbons (Fsp3) is 0.450. The van der Waals surface area contributed by atoms with Gasteiger partial charge in [-0.2, -0.15) is 0 Å². The number of aliphatic hydroxyl groups is 1. The summed E-state index contributed by atoms with van der Waals surface area (Å²) in [5, 5.41) is 17.0. The van der Waals surface area contributed by atoms with Crippen LogP contribution in [0, 0.1) is 6.92 Å². The van der Waals surface area contributed by atoms with E-state index in [9.17, 15) is 5.11 Å². The van der Waals surface area contributed by atoms with Crippen molar-refractivity contribution in [1.82, 2.24) is 10.6 Å². The molecule has 2 rings (SSSR count). The molecule has 1 unspecified atom stereocenters. The molecule has 0 saturated heterocycles. The van der Waals surface area contributed by atoms with E-state index in [1.54, 1.807) is 6.26 Å². The molecule has 1 aromatic heterocycles. The largest absolute Gasteiger partial charge is 0.469 e. The number of nitrogens with one attached hydrogen (secondary N) is 2. The molecule has 5 nitrogen and oxygen atoms in total. The van der Waals surface area contributed by atoms with Crippen molar-refractivity contribution in [3.05, 3.63) is 59.5 Å². The number of aryl methyl sites for hydroxylation is 1. The van der Waals surface area contributed by atoms with Gasteiger partial charge in [-0.3, -0.25) is 4.99 Å². The number of guanidine groups is 1. The summed E-state index contributed by atoms with van der Waals surface area (Å²) in [6.07, 6.45) is 4.08. The summed E-state index contributed by atoms with van der Waals surface area (Å²) in [5.41, 5.74) is 2.03. The predicted octanol–water partition coefficient (Wildman–Crippen LogP) is 3.82.